The summed E-state index contributed by atoms with van der Waals surface area (Å²) in [5.41, 5.74) is 0.390. The zero-order valence-electron chi connectivity index (χ0n) is 13.7. The molecule has 0 spiro atoms. The predicted molar refractivity (Wildman–Crippen MR) is 102 cm³/mol. The number of aromatic nitrogens is 3. The van der Waals surface area contributed by atoms with Gasteiger partial charge in [0.2, 0.25) is 11.0 Å². The van der Waals surface area contributed by atoms with Crippen molar-refractivity contribution in [3.63, 3.8) is 0 Å². The second-order valence-corrected chi connectivity index (χ2v) is 8.50. The number of thiazole rings is 1. The van der Waals surface area contributed by atoms with E-state index in [1.165, 1.54) is 22.7 Å². The largest absolute Gasteiger partial charge is 0.493 e. The average molecular weight is 450 g/mol. The first kappa shape index (κ1) is 17.3. The van der Waals surface area contributed by atoms with Crippen molar-refractivity contribution in [3.8, 4) is 5.88 Å². The second-order valence-electron chi connectivity index (χ2n) is 5.45. The molecular formula is C16H12BrN5O2S2. The average Bonchev–Trinajstić information content (AvgIpc) is 3.23. The number of fused-ring (bicyclic) bond motifs is 1. The highest BCUT2D eigenvalue weighted by atomic mass is 79.9. The number of halogens is 1. The third kappa shape index (κ3) is 2.83. The zero-order valence-corrected chi connectivity index (χ0v) is 16.9. The minimum absolute atomic E-state index is 0.00358. The van der Waals surface area contributed by atoms with Gasteiger partial charge in [0, 0.05) is 16.2 Å². The van der Waals surface area contributed by atoms with Crippen molar-refractivity contribution in [2.24, 2.45) is 9.98 Å². The SMILES string of the molecule is CCn1c(O)c(C2=c3cc(Br)ccc3=NC2=O)s/c1=N/c1nnc(C)s1. The van der Waals surface area contributed by atoms with Crippen LogP contribution in [0.5, 0.6) is 5.88 Å². The minimum atomic E-state index is -0.365. The van der Waals surface area contributed by atoms with Gasteiger partial charge < -0.3 is 5.11 Å². The standard InChI is InChI=1S/C16H12BrN5O2S2/c1-3-22-14(24)12(26-16(22)19-15-21-20-7(2)25-15)11-9-6-8(17)4-5-10(9)18-13(11)23/h4-6,24H,3H2,1-2H3/b19-16+. The van der Waals surface area contributed by atoms with Crippen LogP contribution in [0.3, 0.4) is 0 Å². The number of hydrogen-bond acceptors (Lipinski definition) is 7. The van der Waals surface area contributed by atoms with E-state index >= 15 is 0 Å². The summed E-state index contributed by atoms with van der Waals surface area (Å²) in [4.78, 5) is 22.1. The number of aryl methyl sites for hydroxylation is 1. The number of aromatic hydroxyl groups is 1. The van der Waals surface area contributed by atoms with Crippen molar-refractivity contribution in [2.45, 2.75) is 20.4 Å². The Bertz CT molecular complexity index is 1240. The van der Waals surface area contributed by atoms with Gasteiger partial charge in [-0.05, 0) is 32.0 Å². The molecule has 1 aromatic carbocycles. The summed E-state index contributed by atoms with van der Waals surface area (Å²) in [7, 11) is 0. The minimum Gasteiger partial charge on any atom is -0.493 e. The lowest BCUT2D eigenvalue weighted by Crippen LogP contribution is -2.22. The normalized spacial score (nSPS) is 14.0. The van der Waals surface area contributed by atoms with Gasteiger partial charge in [0.25, 0.3) is 5.91 Å². The van der Waals surface area contributed by atoms with Crippen LogP contribution in [0.4, 0.5) is 5.13 Å². The summed E-state index contributed by atoms with van der Waals surface area (Å²) in [5.74, 6) is -0.361. The van der Waals surface area contributed by atoms with Crippen LogP contribution in [-0.4, -0.2) is 25.8 Å². The maximum atomic E-state index is 12.5. The van der Waals surface area contributed by atoms with E-state index in [2.05, 4.69) is 36.1 Å². The maximum Gasteiger partial charge on any atom is 0.279 e. The van der Waals surface area contributed by atoms with Crippen LogP contribution in [0.1, 0.15) is 16.8 Å². The Morgan fingerprint density at radius 2 is 2.12 bits per heavy atom. The molecule has 0 saturated carbocycles. The number of nitrogens with zero attached hydrogens (tertiary/aromatic N) is 5. The van der Waals surface area contributed by atoms with Crippen LogP contribution < -0.4 is 15.4 Å². The fourth-order valence-electron chi connectivity index (χ4n) is 2.66. The first-order chi connectivity index (χ1) is 12.5. The van der Waals surface area contributed by atoms with Gasteiger partial charge in [0.1, 0.15) is 9.88 Å². The van der Waals surface area contributed by atoms with Gasteiger partial charge in [-0.25, -0.2) is 4.99 Å². The summed E-state index contributed by atoms with van der Waals surface area (Å²) >= 11 is 6.02. The number of carbonyl (C=O) groups excluding carboxylic acids is 1. The summed E-state index contributed by atoms with van der Waals surface area (Å²) in [6.45, 7) is 4.25. The molecule has 0 atom stereocenters. The van der Waals surface area contributed by atoms with E-state index < -0.39 is 0 Å². The molecule has 0 aliphatic carbocycles. The van der Waals surface area contributed by atoms with Gasteiger partial charge in [-0.15, -0.1) is 10.2 Å². The van der Waals surface area contributed by atoms with E-state index in [0.717, 1.165) is 9.48 Å². The summed E-state index contributed by atoms with van der Waals surface area (Å²) < 4.78 is 2.49. The highest BCUT2D eigenvalue weighted by molar-refractivity contribution is 9.10. The number of benzene rings is 1. The number of rotatable bonds is 3. The molecule has 1 aliphatic heterocycles. The smallest absolute Gasteiger partial charge is 0.279 e. The molecule has 0 bridgehead atoms. The molecular weight excluding hydrogens is 438 g/mol. The fourth-order valence-corrected chi connectivity index (χ4v) is 4.78. The lowest BCUT2D eigenvalue weighted by atomic mass is 10.1. The van der Waals surface area contributed by atoms with Gasteiger partial charge in [-0.2, -0.15) is 4.99 Å². The van der Waals surface area contributed by atoms with Crippen LogP contribution in [0.25, 0.3) is 5.57 Å². The molecule has 10 heteroatoms. The highest BCUT2D eigenvalue weighted by Crippen LogP contribution is 2.29. The highest BCUT2D eigenvalue weighted by Gasteiger charge is 2.25. The van der Waals surface area contributed by atoms with Gasteiger partial charge >= 0.3 is 0 Å². The van der Waals surface area contributed by atoms with E-state index in [1.807, 2.05) is 26.0 Å². The van der Waals surface area contributed by atoms with E-state index in [4.69, 9.17) is 0 Å². The molecule has 3 aromatic rings. The van der Waals surface area contributed by atoms with E-state index in [0.29, 0.717) is 37.5 Å². The molecule has 1 aliphatic rings. The van der Waals surface area contributed by atoms with Crippen molar-refractivity contribution in [1.29, 1.82) is 0 Å². The van der Waals surface area contributed by atoms with Crippen LogP contribution in [0.2, 0.25) is 0 Å². The van der Waals surface area contributed by atoms with Gasteiger partial charge in [-0.1, -0.05) is 38.6 Å². The Labute approximate surface area is 163 Å². The quantitative estimate of drug-likeness (QED) is 0.659. The zero-order chi connectivity index (χ0) is 18.4. The van der Waals surface area contributed by atoms with Crippen LogP contribution in [0, 0.1) is 6.92 Å². The van der Waals surface area contributed by atoms with Crippen molar-refractivity contribution < 1.29 is 9.90 Å². The lowest BCUT2D eigenvalue weighted by molar-refractivity contribution is -0.112. The molecule has 1 amide bonds. The first-order valence-corrected chi connectivity index (χ1v) is 10.1. The third-order valence-corrected chi connectivity index (χ3v) is 6.11. The molecule has 0 fully saturated rings. The molecule has 26 heavy (non-hydrogen) atoms. The van der Waals surface area contributed by atoms with Gasteiger partial charge in [-0.3, -0.25) is 9.36 Å². The molecule has 0 saturated heterocycles. The topological polar surface area (TPSA) is 92.7 Å². The molecule has 3 heterocycles. The van der Waals surface area contributed by atoms with Crippen molar-refractivity contribution in [1.82, 2.24) is 14.8 Å². The molecule has 1 N–H and O–H groups in total. The fraction of sp³-hybridized carbons (Fsp3) is 0.188. The Kier molecular flexibility index (Phi) is 4.33. The van der Waals surface area contributed by atoms with E-state index in [1.54, 1.807) is 10.6 Å². The van der Waals surface area contributed by atoms with Crippen molar-refractivity contribution in [2.75, 3.05) is 0 Å². The van der Waals surface area contributed by atoms with Crippen molar-refractivity contribution in [3.05, 3.63) is 47.9 Å². The molecule has 132 valence electrons. The molecule has 4 rings (SSSR count). The maximum absolute atomic E-state index is 12.5. The van der Waals surface area contributed by atoms with Gasteiger partial charge in [0.15, 0.2) is 4.80 Å². The summed E-state index contributed by atoms with van der Waals surface area (Å²) in [6, 6.07) is 5.44. The molecule has 7 nitrogen and oxygen atoms in total. The molecule has 0 unspecified atom stereocenters. The molecule has 2 aromatic heterocycles. The Morgan fingerprint density at radius 3 is 2.81 bits per heavy atom. The number of carbonyl (C=O) groups is 1. The summed E-state index contributed by atoms with van der Waals surface area (Å²) in [6.07, 6.45) is 0. The summed E-state index contributed by atoms with van der Waals surface area (Å²) in [5, 5.41) is 21.3. The Balaban J connectivity index is 2.00. The van der Waals surface area contributed by atoms with Crippen LogP contribution in [0.15, 0.2) is 32.7 Å². The van der Waals surface area contributed by atoms with Gasteiger partial charge in [0.05, 0.1) is 10.9 Å². The number of amides is 1. The van der Waals surface area contributed by atoms with Crippen LogP contribution >= 0.6 is 38.6 Å². The Hall–Kier alpha value is -2.17. The van der Waals surface area contributed by atoms with Crippen molar-refractivity contribution >= 4 is 55.2 Å². The Morgan fingerprint density at radius 1 is 1.31 bits per heavy atom. The lowest BCUT2D eigenvalue weighted by Gasteiger charge is -2.01. The van der Waals surface area contributed by atoms with E-state index in [9.17, 15) is 9.90 Å². The van der Waals surface area contributed by atoms with Crippen LogP contribution in [-0.2, 0) is 11.3 Å². The molecule has 0 radical (unpaired) electrons. The third-order valence-electron chi connectivity index (χ3n) is 3.80. The second kappa shape index (κ2) is 6.53. The monoisotopic (exact) mass is 449 g/mol. The number of hydrogen-bond donors (Lipinski definition) is 1. The first-order valence-electron chi connectivity index (χ1n) is 7.68. The predicted octanol–water partition coefficient (Wildman–Crippen LogP) is 1.79. The van der Waals surface area contributed by atoms with E-state index in [-0.39, 0.29) is 11.8 Å².